The molecule has 0 bridgehead atoms. The molecule has 0 radical (unpaired) electrons. The van der Waals surface area contributed by atoms with Crippen LogP contribution in [0.15, 0.2) is 34.8 Å². The lowest BCUT2D eigenvalue weighted by molar-refractivity contribution is 0.0989. The summed E-state index contributed by atoms with van der Waals surface area (Å²) in [7, 11) is 0. The number of carbonyl (C=O) groups excluding carboxylic acids is 1. The molecule has 0 N–H and O–H groups in total. The lowest BCUT2D eigenvalue weighted by Gasteiger charge is -2.08. The maximum absolute atomic E-state index is 13.9. The fraction of sp³-hybridized carbons (Fsp3) is 0.133. The lowest BCUT2D eigenvalue weighted by Crippen LogP contribution is -2.10. The van der Waals surface area contributed by atoms with Gasteiger partial charge in [-0.15, -0.1) is 0 Å². The van der Waals surface area contributed by atoms with Gasteiger partial charge < -0.3 is 0 Å². The van der Waals surface area contributed by atoms with Gasteiger partial charge in [0.1, 0.15) is 11.6 Å². The first-order valence-corrected chi connectivity index (χ1v) is 7.69. The molecule has 20 heavy (non-hydrogen) atoms. The van der Waals surface area contributed by atoms with Crippen LogP contribution in [-0.4, -0.2) is 5.78 Å². The van der Waals surface area contributed by atoms with Crippen molar-refractivity contribution in [3.63, 3.8) is 0 Å². The summed E-state index contributed by atoms with van der Waals surface area (Å²) in [6, 6.07) is 7.76. The third kappa shape index (κ3) is 3.09. The zero-order valence-electron chi connectivity index (χ0n) is 10.5. The summed E-state index contributed by atoms with van der Waals surface area (Å²) in [4.78, 5) is 12.2. The molecule has 0 fully saturated rings. The van der Waals surface area contributed by atoms with Crippen molar-refractivity contribution in [2.75, 3.05) is 0 Å². The molecule has 0 aliphatic rings. The van der Waals surface area contributed by atoms with Crippen molar-refractivity contribution in [2.24, 2.45) is 0 Å². The van der Waals surface area contributed by atoms with Crippen molar-refractivity contribution < 1.29 is 13.6 Å². The molecule has 2 aromatic carbocycles. The summed E-state index contributed by atoms with van der Waals surface area (Å²) >= 11 is 5.07. The van der Waals surface area contributed by atoms with Gasteiger partial charge in [-0.2, -0.15) is 0 Å². The van der Waals surface area contributed by atoms with Gasteiger partial charge in [0, 0.05) is 21.1 Å². The van der Waals surface area contributed by atoms with Crippen molar-refractivity contribution in [3.8, 4) is 0 Å². The Morgan fingerprint density at radius 3 is 2.65 bits per heavy atom. The van der Waals surface area contributed by atoms with Gasteiger partial charge in [0.15, 0.2) is 5.78 Å². The first-order valence-electron chi connectivity index (χ1n) is 5.82. The van der Waals surface area contributed by atoms with Gasteiger partial charge in [-0.25, -0.2) is 8.78 Å². The second kappa shape index (κ2) is 6.30. The number of Topliss-reactive ketones (excluding diaryl/α,β-unsaturated/α-hetero) is 1. The van der Waals surface area contributed by atoms with Gasteiger partial charge in [0.25, 0.3) is 0 Å². The van der Waals surface area contributed by atoms with Crippen LogP contribution in [0.4, 0.5) is 8.78 Å². The largest absolute Gasteiger partial charge is 0.294 e. The van der Waals surface area contributed by atoms with E-state index in [9.17, 15) is 13.6 Å². The van der Waals surface area contributed by atoms with Crippen LogP contribution in [0.5, 0.6) is 0 Å². The molecule has 0 unspecified atom stereocenters. The fourth-order valence-electron chi connectivity index (χ4n) is 1.85. The smallest absolute Gasteiger partial charge is 0.168 e. The van der Waals surface area contributed by atoms with Crippen molar-refractivity contribution in [1.29, 1.82) is 0 Å². The minimum atomic E-state index is -0.721. The van der Waals surface area contributed by atoms with Crippen LogP contribution < -0.4 is 0 Å². The molecule has 5 heteroatoms. The van der Waals surface area contributed by atoms with Gasteiger partial charge in [0.2, 0.25) is 0 Å². The Morgan fingerprint density at radius 1 is 1.25 bits per heavy atom. The van der Waals surface area contributed by atoms with Gasteiger partial charge >= 0.3 is 0 Å². The van der Waals surface area contributed by atoms with Crippen LogP contribution in [0.3, 0.4) is 0 Å². The molecule has 2 rings (SSSR count). The normalized spacial score (nSPS) is 10.7. The molecule has 0 spiro atoms. The van der Waals surface area contributed by atoms with E-state index in [1.54, 1.807) is 12.1 Å². The highest BCUT2D eigenvalue weighted by atomic mass is 127. The van der Waals surface area contributed by atoms with E-state index in [1.807, 2.05) is 13.0 Å². The minimum Gasteiger partial charge on any atom is -0.294 e. The zero-order chi connectivity index (χ0) is 14.9. The van der Waals surface area contributed by atoms with E-state index in [-0.39, 0.29) is 22.2 Å². The van der Waals surface area contributed by atoms with E-state index in [2.05, 4.69) is 38.5 Å². The van der Waals surface area contributed by atoms with E-state index in [0.29, 0.717) is 5.56 Å². The first kappa shape index (κ1) is 15.6. The number of rotatable bonds is 3. The molecule has 0 heterocycles. The second-order valence-electron chi connectivity index (χ2n) is 4.36. The standard InChI is InChI=1S/C15H10BrF2IO/c1-8-3-2-4-9(15(8)19)13(20)7-10-12(17)6-5-11(16)14(10)18/h2-6H,7H2,1H3. The fourth-order valence-corrected chi connectivity index (χ4v) is 2.88. The second-order valence-corrected chi connectivity index (χ2v) is 6.29. The Bertz CT molecular complexity index is 686. The maximum Gasteiger partial charge on any atom is 0.168 e. The molecule has 0 amide bonds. The zero-order valence-corrected chi connectivity index (χ0v) is 14.3. The molecule has 0 saturated carbocycles. The number of ketones is 1. The van der Waals surface area contributed by atoms with Gasteiger partial charge in [0.05, 0.1) is 4.47 Å². The van der Waals surface area contributed by atoms with Crippen molar-refractivity contribution in [1.82, 2.24) is 0 Å². The SMILES string of the molecule is Cc1cccc(C(=O)Cc2c(F)ccc(Br)c2F)c1I. The summed E-state index contributed by atoms with van der Waals surface area (Å²) in [5, 5.41) is 0. The highest BCUT2D eigenvalue weighted by molar-refractivity contribution is 14.1. The predicted molar refractivity (Wildman–Crippen MR) is 86.0 cm³/mol. The minimum absolute atomic E-state index is 0.153. The van der Waals surface area contributed by atoms with E-state index in [0.717, 1.165) is 15.2 Å². The number of benzene rings is 2. The Hall–Kier alpha value is -0.820. The topological polar surface area (TPSA) is 17.1 Å². The summed E-state index contributed by atoms with van der Waals surface area (Å²) in [6.07, 6.45) is -0.295. The average molecular weight is 451 g/mol. The molecule has 0 aliphatic heterocycles. The number of hydrogen-bond donors (Lipinski definition) is 0. The van der Waals surface area contributed by atoms with E-state index < -0.39 is 11.6 Å². The quantitative estimate of drug-likeness (QED) is 0.362. The molecule has 2 aromatic rings. The highest BCUT2D eigenvalue weighted by Gasteiger charge is 2.18. The molecule has 1 nitrogen and oxygen atoms in total. The Balaban J connectivity index is 2.38. The van der Waals surface area contributed by atoms with E-state index in [1.165, 1.54) is 6.07 Å². The molecule has 0 saturated heterocycles. The van der Waals surface area contributed by atoms with Crippen LogP contribution in [0, 0.1) is 22.1 Å². The highest BCUT2D eigenvalue weighted by Crippen LogP contribution is 2.24. The van der Waals surface area contributed by atoms with Crippen molar-refractivity contribution in [3.05, 3.63) is 66.7 Å². The van der Waals surface area contributed by atoms with Crippen LogP contribution >= 0.6 is 38.5 Å². The summed E-state index contributed by atoms with van der Waals surface area (Å²) in [5.41, 5.74) is 1.25. The third-order valence-electron chi connectivity index (χ3n) is 2.97. The van der Waals surface area contributed by atoms with Crippen LogP contribution in [0.1, 0.15) is 21.5 Å². The molecule has 0 aliphatic carbocycles. The summed E-state index contributed by atoms with van der Waals surface area (Å²) in [5.74, 6) is -1.73. The van der Waals surface area contributed by atoms with Crippen molar-refractivity contribution in [2.45, 2.75) is 13.3 Å². The monoisotopic (exact) mass is 450 g/mol. The Morgan fingerprint density at radius 2 is 1.95 bits per heavy atom. The van der Waals surface area contributed by atoms with Crippen LogP contribution in [0.25, 0.3) is 0 Å². The molecule has 0 aromatic heterocycles. The molecule has 104 valence electrons. The molecular weight excluding hydrogens is 441 g/mol. The van der Waals surface area contributed by atoms with Gasteiger partial charge in [-0.1, -0.05) is 18.2 Å². The first-order chi connectivity index (χ1) is 9.41. The number of hydrogen-bond acceptors (Lipinski definition) is 1. The van der Waals surface area contributed by atoms with Gasteiger partial charge in [-0.3, -0.25) is 4.79 Å². The van der Waals surface area contributed by atoms with Crippen molar-refractivity contribution >= 4 is 44.3 Å². The average Bonchev–Trinajstić information content (AvgIpc) is 2.42. The summed E-state index contributed by atoms with van der Waals surface area (Å²) < 4.78 is 28.5. The Labute approximate surface area is 137 Å². The van der Waals surface area contributed by atoms with Gasteiger partial charge in [-0.05, 0) is 63.1 Å². The van der Waals surface area contributed by atoms with E-state index in [4.69, 9.17) is 0 Å². The van der Waals surface area contributed by atoms with E-state index >= 15 is 0 Å². The number of halogens is 4. The predicted octanol–water partition coefficient (Wildman–Crippen LogP) is 5.07. The van der Waals surface area contributed by atoms with Crippen LogP contribution in [-0.2, 0) is 6.42 Å². The molecular formula is C15H10BrF2IO. The number of aryl methyl sites for hydroxylation is 1. The lowest BCUT2D eigenvalue weighted by atomic mass is 10.0. The maximum atomic E-state index is 13.9. The molecule has 0 atom stereocenters. The Kier molecular flexibility index (Phi) is 4.90. The number of carbonyl (C=O) groups is 1. The summed E-state index contributed by atoms with van der Waals surface area (Å²) in [6.45, 7) is 1.89. The third-order valence-corrected chi connectivity index (χ3v) is 5.01. The van der Waals surface area contributed by atoms with Crippen LogP contribution in [0.2, 0.25) is 0 Å².